The van der Waals surface area contributed by atoms with E-state index in [-0.39, 0.29) is 46.9 Å². The fourth-order valence-electron chi connectivity index (χ4n) is 8.71. The number of fused-ring (bicyclic) bond motifs is 2. The van der Waals surface area contributed by atoms with Crippen molar-refractivity contribution < 1.29 is 19.6 Å². The Labute approximate surface area is 477 Å². The van der Waals surface area contributed by atoms with Crippen LogP contribution in [0.15, 0.2) is 184 Å². The monoisotopic (exact) mass is 1170 g/mol. The summed E-state index contributed by atoms with van der Waals surface area (Å²) in [6, 6.07) is 46.8. The molecular weight excluding hydrogens is 1120 g/mol. The Morgan fingerprint density at radius 3 is 1.54 bits per heavy atom. The molecular formula is C58H52BBrCl2N12O6. The van der Waals surface area contributed by atoms with Crippen LogP contribution in [0.5, 0.6) is 0 Å². The largest absolute Gasteiger partial charge is 0.488 e. The number of nitrogens with zero attached hydrogens (tertiary/aromatic N) is 6. The molecule has 10 rings (SSSR count). The lowest BCUT2D eigenvalue weighted by atomic mass is 9.80. The van der Waals surface area contributed by atoms with E-state index >= 15 is 0 Å². The van der Waals surface area contributed by atoms with Gasteiger partial charge in [0.2, 0.25) is 23.7 Å². The zero-order valence-electron chi connectivity index (χ0n) is 43.4. The first-order chi connectivity index (χ1) is 38.4. The first kappa shape index (κ1) is 57.3. The normalized spacial score (nSPS) is 11.5. The second-order valence-electron chi connectivity index (χ2n) is 18.1. The zero-order chi connectivity index (χ0) is 57.2. The maximum absolute atomic E-state index is 13.8. The molecule has 4 aromatic heterocycles. The Morgan fingerprint density at radius 2 is 1.04 bits per heavy atom. The van der Waals surface area contributed by atoms with Crippen LogP contribution in [0.4, 0.5) is 34.9 Å². The van der Waals surface area contributed by atoms with Crippen LogP contribution in [0.2, 0.25) is 10.0 Å². The molecule has 0 aliphatic heterocycles. The quantitative estimate of drug-likeness (QED) is 0.0529. The van der Waals surface area contributed by atoms with Gasteiger partial charge in [0, 0.05) is 65.9 Å². The van der Waals surface area contributed by atoms with Crippen molar-refractivity contribution in [1.29, 1.82) is 0 Å². The highest BCUT2D eigenvalue weighted by Gasteiger charge is 2.22. The zero-order valence-corrected chi connectivity index (χ0v) is 46.5. The van der Waals surface area contributed by atoms with Crippen LogP contribution in [0, 0.1) is 0 Å². The van der Waals surface area contributed by atoms with E-state index in [4.69, 9.17) is 44.7 Å². The molecule has 0 fully saturated rings. The minimum absolute atomic E-state index is 0.104. The van der Waals surface area contributed by atoms with Crippen molar-refractivity contribution in [2.75, 3.05) is 32.7 Å². The SMILES string of the molecule is CC(=O)Nc1cccc(-c2cnc(N)nc2N[C@@H](C)c2cc3cccc(Cl)c3c(=O)n2-c2ccccc2)c1.CC(=O)Nc1cccc(B(O)O)c1.C[C@H](Nc1nc(N)ncc1Br)c1cc2cccc(Cl)c2c(=O)n1-c1ccccc1. The third-order valence-electron chi connectivity index (χ3n) is 12.2. The number of anilines is 6. The predicted octanol–water partition coefficient (Wildman–Crippen LogP) is 10.1. The number of aromatic nitrogens is 6. The Hall–Kier alpha value is -8.92. The molecule has 0 bridgehead atoms. The maximum Gasteiger partial charge on any atom is 0.488 e. The van der Waals surface area contributed by atoms with E-state index in [0.717, 1.165) is 27.7 Å². The molecule has 0 saturated heterocycles. The van der Waals surface area contributed by atoms with Crippen LogP contribution in [-0.2, 0) is 9.59 Å². The number of para-hydroxylation sites is 2. The third-order valence-corrected chi connectivity index (χ3v) is 13.5. The Balaban J connectivity index is 0.000000176. The van der Waals surface area contributed by atoms with Crippen molar-refractivity contribution in [2.24, 2.45) is 0 Å². The number of rotatable bonds is 12. The van der Waals surface area contributed by atoms with Gasteiger partial charge in [0.25, 0.3) is 11.1 Å². The molecule has 80 heavy (non-hydrogen) atoms. The molecule has 0 aliphatic rings. The Kier molecular flexibility index (Phi) is 18.4. The smallest absolute Gasteiger partial charge is 0.423 e. The Morgan fingerprint density at radius 1 is 0.588 bits per heavy atom. The van der Waals surface area contributed by atoms with Gasteiger partial charge in [0.15, 0.2) is 0 Å². The summed E-state index contributed by atoms with van der Waals surface area (Å²) < 4.78 is 4.01. The molecule has 4 heterocycles. The minimum atomic E-state index is -1.51. The summed E-state index contributed by atoms with van der Waals surface area (Å²) in [4.78, 5) is 66.3. The molecule has 404 valence electrons. The number of hydrogen-bond acceptors (Lipinski definition) is 14. The number of carbonyl (C=O) groups is 2. The summed E-state index contributed by atoms with van der Waals surface area (Å²) in [6.45, 7) is 6.74. The lowest BCUT2D eigenvalue weighted by Crippen LogP contribution is -2.29. The van der Waals surface area contributed by atoms with E-state index in [1.54, 1.807) is 57.9 Å². The molecule has 22 heteroatoms. The molecule has 0 unspecified atom stereocenters. The molecule has 2 atom stereocenters. The second kappa shape index (κ2) is 25.7. The maximum atomic E-state index is 13.8. The average Bonchev–Trinajstić information content (AvgIpc) is 3.47. The van der Waals surface area contributed by atoms with Gasteiger partial charge in [-0.3, -0.25) is 28.3 Å². The number of benzene rings is 6. The van der Waals surface area contributed by atoms with Crippen molar-refractivity contribution in [3.8, 4) is 22.5 Å². The van der Waals surface area contributed by atoms with Crippen LogP contribution in [0.1, 0.15) is 51.2 Å². The highest BCUT2D eigenvalue weighted by atomic mass is 79.9. The van der Waals surface area contributed by atoms with Gasteiger partial charge in [0.05, 0.1) is 37.4 Å². The third kappa shape index (κ3) is 13.7. The molecule has 18 nitrogen and oxygen atoms in total. The summed E-state index contributed by atoms with van der Waals surface area (Å²) in [7, 11) is -1.51. The summed E-state index contributed by atoms with van der Waals surface area (Å²) in [5, 5.41) is 33.0. The number of nitrogens with two attached hydrogens (primary N) is 2. The van der Waals surface area contributed by atoms with E-state index in [2.05, 4.69) is 57.1 Å². The number of hydrogen-bond donors (Lipinski definition) is 8. The van der Waals surface area contributed by atoms with Crippen LogP contribution < -0.4 is 49.3 Å². The van der Waals surface area contributed by atoms with Crippen molar-refractivity contribution in [3.05, 3.63) is 217 Å². The number of halogens is 3. The van der Waals surface area contributed by atoms with Gasteiger partial charge in [-0.15, -0.1) is 0 Å². The number of carbonyl (C=O) groups excluding carboxylic acids is 2. The van der Waals surface area contributed by atoms with E-state index in [1.165, 1.54) is 19.9 Å². The number of pyridine rings is 2. The summed E-state index contributed by atoms with van der Waals surface area (Å²) >= 11 is 16.2. The van der Waals surface area contributed by atoms with Gasteiger partial charge in [0.1, 0.15) is 11.6 Å². The topological polar surface area (TPSA) is 270 Å². The highest BCUT2D eigenvalue weighted by Crippen LogP contribution is 2.33. The van der Waals surface area contributed by atoms with Gasteiger partial charge in [-0.05, 0) is 124 Å². The fraction of sp³-hybridized carbons (Fsp3) is 0.103. The second-order valence-corrected chi connectivity index (χ2v) is 19.8. The van der Waals surface area contributed by atoms with Crippen molar-refractivity contribution in [2.45, 2.75) is 39.8 Å². The van der Waals surface area contributed by atoms with Gasteiger partial charge in [-0.2, -0.15) is 9.97 Å². The van der Waals surface area contributed by atoms with Gasteiger partial charge in [-0.1, -0.05) is 108 Å². The molecule has 10 N–H and O–H groups in total. The minimum Gasteiger partial charge on any atom is -0.423 e. The van der Waals surface area contributed by atoms with Gasteiger partial charge >= 0.3 is 7.12 Å². The lowest BCUT2D eigenvalue weighted by molar-refractivity contribution is -0.115. The van der Waals surface area contributed by atoms with E-state index in [1.807, 2.05) is 129 Å². The van der Waals surface area contributed by atoms with Crippen LogP contribution in [0.25, 0.3) is 44.0 Å². The van der Waals surface area contributed by atoms with Gasteiger partial charge < -0.3 is 42.8 Å². The molecule has 6 aromatic carbocycles. The van der Waals surface area contributed by atoms with Crippen LogP contribution >= 0.6 is 39.1 Å². The van der Waals surface area contributed by atoms with Crippen LogP contribution in [-0.4, -0.2) is 58.1 Å². The van der Waals surface area contributed by atoms with Crippen molar-refractivity contribution in [1.82, 2.24) is 29.1 Å². The van der Waals surface area contributed by atoms with E-state index < -0.39 is 7.12 Å². The lowest BCUT2D eigenvalue weighted by Gasteiger charge is -2.23. The van der Waals surface area contributed by atoms with Crippen molar-refractivity contribution in [3.63, 3.8) is 0 Å². The number of nitrogen functional groups attached to an aromatic ring is 2. The van der Waals surface area contributed by atoms with Crippen molar-refractivity contribution >= 4 is 120 Å². The van der Waals surface area contributed by atoms with E-state index in [9.17, 15) is 19.2 Å². The molecule has 10 aromatic rings. The molecule has 0 saturated carbocycles. The highest BCUT2D eigenvalue weighted by molar-refractivity contribution is 9.10. The first-order valence-electron chi connectivity index (χ1n) is 24.7. The Bertz CT molecular complexity index is 4030. The fourth-order valence-corrected chi connectivity index (χ4v) is 9.54. The van der Waals surface area contributed by atoms with E-state index in [0.29, 0.717) is 70.7 Å². The molecule has 2 amide bonds. The summed E-state index contributed by atoms with van der Waals surface area (Å²) in [5.41, 5.74) is 17.3. The first-order valence-corrected chi connectivity index (χ1v) is 26.3. The average molecular weight is 1170 g/mol. The molecule has 0 aliphatic carbocycles. The predicted molar refractivity (Wildman–Crippen MR) is 324 cm³/mol. The standard InChI is InChI=1S/C29H25ClN6O2.C21H17BrClN5O.C8H10BNO3/c1-17(33-27-23(16-32-29(31)35-27)19-8-6-10-21(14-19)34-18(2)37)25-15-20-9-7-13-24(30)26(20)28(38)36(25)22-11-4-3-5-12-22;1-12(26-19-15(22)11-25-21(24)27-19)17-10-13-6-5-9-16(23)18(13)20(29)28(17)14-7-3-2-4-8-14;1-6(11)10-8-4-2-3-7(5-8)9(12)13/h3-17H,1-2H3,(H,34,37)(H3,31,32,33,35);2-12H,1H3,(H3,24,25,26,27);2-5,12-13H,1H3,(H,10,11)/t17-;12-;/m00./s1. The van der Waals surface area contributed by atoms with Gasteiger partial charge in [-0.25, -0.2) is 9.97 Å². The number of amides is 2. The number of nitrogens with one attached hydrogen (secondary N) is 4. The summed E-state index contributed by atoms with van der Waals surface area (Å²) in [6.07, 6.45) is 3.22. The van der Waals surface area contributed by atoms with Crippen LogP contribution in [0.3, 0.4) is 0 Å². The summed E-state index contributed by atoms with van der Waals surface area (Å²) in [5.74, 6) is 0.940. The molecule has 0 spiro atoms. The molecule has 0 radical (unpaired) electrons.